The van der Waals surface area contributed by atoms with Gasteiger partial charge in [-0.3, -0.25) is 9.59 Å². The molecular formula is C19H23N3O2. The number of rotatable bonds is 8. The second-order valence-electron chi connectivity index (χ2n) is 6.33. The molecule has 0 atom stereocenters. The van der Waals surface area contributed by atoms with Crippen LogP contribution in [-0.2, 0) is 6.54 Å². The number of ketones is 2. The average Bonchev–Trinajstić information content (AvgIpc) is 3.03. The van der Waals surface area contributed by atoms with E-state index in [9.17, 15) is 9.59 Å². The number of hydrogen-bond acceptors (Lipinski definition) is 4. The van der Waals surface area contributed by atoms with Crippen LogP contribution in [0.3, 0.4) is 0 Å². The topological polar surface area (TPSA) is 64.8 Å². The predicted molar refractivity (Wildman–Crippen MR) is 91.3 cm³/mol. The fraction of sp³-hybridized carbons (Fsp3) is 0.474. The van der Waals surface area contributed by atoms with Crippen LogP contribution >= 0.6 is 0 Å². The van der Waals surface area contributed by atoms with Gasteiger partial charge in [-0.2, -0.15) is 0 Å². The van der Waals surface area contributed by atoms with Gasteiger partial charge in [0, 0.05) is 17.7 Å². The minimum absolute atomic E-state index is 0.145. The highest BCUT2D eigenvalue weighted by Crippen LogP contribution is 2.25. The Morgan fingerprint density at radius 3 is 2.21 bits per heavy atom. The summed E-state index contributed by atoms with van der Waals surface area (Å²) in [5.74, 6) is -0.348. The number of aromatic nitrogens is 3. The monoisotopic (exact) mass is 325 g/mol. The second-order valence-corrected chi connectivity index (χ2v) is 6.33. The number of unbranched alkanes of at least 4 members (excludes halogenated alkanes) is 6. The molecule has 5 nitrogen and oxygen atoms in total. The Morgan fingerprint density at radius 1 is 0.875 bits per heavy atom. The van der Waals surface area contributed by atoms with Gasteiger partial charge < -0.3 is 0 Å². The summed E-state index contributed by atoms with van der Waals surface area (Å²) < 4.78 is 1.61. The van der Waals surface area contributed by atoms with Gasteiger partial charge in [0.2, 0.25) is 11.6 Å². The van der Waals surface area contributed by atoms with Gasteiger partial charge in [0.1, 0.15) is 5.69 Å². The lowest BCUT2D eigenvalue weighted by Crippen LogP contribution is -2.23. The highest BCUT2D eigenvalue weighted by molar-refractivity contribution is 6.26. The lowest BCUT2D eigenvalue weighted by atomic mass is 9.90. The number of nitrogens with zero attached hydrogens (tertiary/aromatic N) is 3. The minimum atomic E-state index is -0.203. The Kier molecular flexibility index (Phi) is 5.18. The third-order valence-electron chi connectivity index (χ3n) is 4.56. The van der Waals surface area contributed by atoms with Crippen molar-refractivity contribution in [3.8, 4) is 0 Å². The van der Waals surface area contributed by atoms with E-state index in [0.29, 0.717) is 23.4 Å². The van der Waals surface area contributed by atoms with Crippen LogP contribution in [0.5, 0.6) is 0 Å². The lowest BCUT2D eigenvalue weighted by molar-refractivity contribution is 0.0970. The number of carbonyl (C=O) groups excluding carboxylic acids is 2. The number of aryl methyl sites for hydroxylation is 1. The molecule has 1 aliphatic rings. The van der Waals surface area contributed by atoms with Crippen LogP contribution < -0.4 is 0 Å². The summed E-state index contributed by atoms with van der Waals surface area (Å²) in [5.41, 5.74) is 1.43. The summed E-state index contributed by atoms with van der Waals surface area (Å²) in [4.78, 5) is 25.2. The molecule has 24 heavy (non-hydrogen) atoms. The normalized spacial score (nSPS) is 13.0. The van der Waals surface area contributed by atoms with Gasteiger partial charge in [-0.15, -0.1) is 5.10 Å². The van der Waals surface area contributed by atoms with Crippen LogP contribution in [0.25, 0.3) is 0 Å². The van der Waals surface area contributed by atoms with E-state index >= 15 is 0 Å². The van der Waals surface area contributed by atoms with Crippen molar-refractivity contribution in [1.82, 2.24) is 15.0 Å². The molecule has 1 heterocycles. The zero-order valence-electron chi connectivity index (χ0n) is 14.1. The summed E-state index contributed by atoms with van der Waals surface area (Å²) in [6.07, 6.45) is 8.36. The first kappa shape index (κ1) is 16.6. The molecule has 0 radical (unpaired) electrons. The van der Waals surface area contributed by atoms with E-state index in [1.807, 2.05) is 0 Å². The third kappa shape index (κ3) is 3.16. The van der Waals surface area contributed by atoms with Gasteiger partial charge in [0.25, 0.3) is 0 Å². The first-order valence-electron chi connectivity index (χ1n) is 8.86. The Bertz CT molecular complexity index is 749. The summed E-state index contributed by atoms with van der Waals surface area (Å²) in [7, 11) is 0. The van der Waals surface area contributed by atoms with Crippen molar-refractivity contribution in [2.24, 2.45) is 0 Å². The number of hydrogen-bond donors (Lipinski definition) is 0. The molecular weight excluding hydrogens is 302 g/mol. The highest BCUT2D eigenvalue weighted by Gasteiger charge is 2.34. The molecule has 0 spiro atoms. The second kappa shape index (κ2) is 7.51. The van der Waals surface area contributed by atoms with Gasteiger partial charge in [-0.05, 0) is 6.42 Å². The van der Waals surface area contributed by atoms with Crippen LogP contribution in [0, 0.1) is 0 Å². The van der Waals surface area contributed by atoms with Crippen molar-refractivity contribution in [2.45, 2.75) is 58.4 Å². The minimum Gasteiger partial charge on any atom is -0.287 e. The standard InChI is InChI=1S/C19H23N3O2/c1-2-3-4-5-6-7-10-13-22-17-16(20-21-22)18(23)14-11-8-9-12-15(14)19(17)24/h8-9,11-12H,2-7,10,13H2,1H3. The molecule has 1 aromatic heterocycles. The fourth-order valence-corrected chi connectivity index (χ4v) is 3.20. The molecule has 3 rings (SSSR count). The number of carbonyl (C=O) groups is 2. The molecule has 0 N–H and O–H groups in total. The molecule has 0 unspecified atom stereocenters. The van der Waals surface area contributed by atoms with Gasteiger partial charge >= 0.3 is 0 Å². The smallest absolute Gasteiger partial charge is 0.216 e. The Balaban J connectivity index is 1.65. The zero-order chi connectivity index (χ0) is 16.9. The number of fused-ring (bicyclic) bond motifs is 2. The molecule has 126 valence electrons. The zero-order valence-corrected chi connectivity index (χ0v) is 14.1. The van der Waals surface area contributed by atoms with Crippen LogP contribution in [0.4, 0.5) is 0 Å². The molecule has 0 fully saturated rings. The van der Waals surface area contributed by atoms with E-state index in [2.05, 4.69) is 17.2 Å². The molecule has 0 amide bonds. The SMILES string of the molecule is CCCCCCCCCn1nnc2c1C(=O)c1ccccc1C2=O. The first-order valence-corrected chi connectivity index (χ1v) is 8.86. The highest BCUT2D eigenvalue weighted by atomic mass is 16.1. The van der Waals surface area contributed by atoms with E-state index in [0.717, 1.165) is 12.8 Å². The van der Waals surface area contributed by atoms with Crippen molar-refractivity contribution in [3.05, 3.63) is 46.8 Å². The van der Waals surface area contributed by atoms with Crippen LogP contribution in [0.15, 0.2) is 24.3 Å². The van der Waals surface area contributed by atoms with Gasteiger partial charge in [0.15, 0.2) is 5.69 Å². The van der Waals surface area contributed by atoms with E-state index in [-0.39, 0.29) is 17.3 Å². The van der Waals surface area contributed by atoms with Crippen molar-refractivity contribution in [1.29, 1.82) is 0 Å². The van der Waals surface area contributed by atoms with Crippen molar-refractivity contribution in [3.63, 3.8) is 0 Å². The maximum absolute atomic E-state index is 12.7. The third-order valence-corrected chi connectivity index (χ3v) is 4.56. The fourth-order valence-electron chi connectivity index (χ4n) is 3.20. The van der Waals surface area contributed by atoms with Gasteiger partial charge in [-0.1, -0.05) is 74.9 Å². The Morgan fingerprint density at radius 2 is 1.50 bits per heavy atom. The Hall–Kier alpha value is -2.30. The molecule has 0 aliphatic heterocycles. The summed E-state index contributed by atoms with van der Waals surface area (Å²) in [6, 6.07) is 6.91. The predicted octanol–water partition coefficient (Wildman–Crippen LogP) is 3.80. The van der Waals surface area contributed by atoms with Crippen molar-refractivity contribution < 1.29 is 9.59 Å². The maximum atomic E-state index is 12.7. The van der Waals surface area contributed by atoms with Crippen LogP contribution in [-0.4, -0.2) is 26.6 Å². The number of benzene rings is 1. The molecule has 0 saturated carbocycles. The van der Waals surface area contributed by atoms with Crippen molar-refractivity contribution >= 4 is 11.6 Å². The van der Waals surface area contributed by atoms with E-state index < -0.39 is 0 Å². The Labute approximate surface area is 142 Å². The molecule has 0 bridgehead atoms. The molecule has 1 aromatic carbocycles. The summed E-state index contributed by atoms with van der Waals surface area (Å²) in [6.45, 7) is 2.85. The molecule has 5 heteroatoms. The summed E-state index contributed by atoms with van der Waals surface area (Å²) in [5, 5.41) is 8.02. The average molecular weight is 325 g/mol. The van der Waals surface area contributed by atoms with Crippen molar-refractivity contribution in [2.75, 3.05) is 0 Å². The van der Waals surface area contributed by atoms with E-state index in [1.54, 1.807) is 28.9 Å². The quantitative estimate of drug-likeness (QED) is 0.591. The van der Waals surface area contributed by atoms with E-state index in [4.69, 9.17) is 0 Å². The van der Waals surface area contributed by atoms with Gasteiger partial charge in [0.05, 0.1) is 0 Å². The van der Waals surface area contributed by atoms with Crippen LogP contribution in [0.1, 0.15) is 84.0 Å². The molecule has 0 saturated heterocycles. The van der Waals surface area contributed by atoms with Gasteiger partial charge in [-0.25, -0.2) is 4.68 Å². The first-order chi connectivity index (χ1) is 11.7. The maximum Gasteiger partial charge on any atom is 0.216 e. The largest absolute Gasteiger partial charge is 0.287 e. The lowest BCUT2D eigenvalue weighted by Gasteiger charge is -2.14. The molecule has 1 aliphatic carbocycles. The van der Waals surface area contributed by atoms with Crippen LogP contribution in [0.2, 0.25) is 0 Å². The summed E-state index contributed by atoms with van der Waals surface area (Å²) >= 11 is 0. The van der Waals surface area contributed by atoms with E-state index in [1.165, 1.54) is 32.1 Å². The molecule has 2 aromatic rings.